The van der Waals surface area contributed by atoms with Crippen molar-refractivity contribution in [2.24, 2.45) is 0 Å². The number of aromatic hydroxyl groups is 1. The van der Waals surface area contributed by atoms with Gasteiger partial charge in [0.1, 0.15) is 58.7 Å². The zero-order chi connectivity index (χ0) is 34.9. The summed E-state index contributed by atoms with van der Waals surface area (Å²) in [6, 6.07) is 8.98. The second kappa shape index (κ2) is 12.1. The first kappa shape index (κ1) is 32.3. The number of aryl methyl sites for hydroxylation is 1. The molecule has 5 aromatic rings. The van der Waals surface area contributed by atoms with Crippen molar-refractivity contribution in [2.75, 3.05) is 36.9 Å². The predicted molar refractivity (Wildman–Crippen MR) is 184 cm³/mol. The minimum atomic E-state index is -0.954. The smallest absolute Gasteiger partial charge is 0.319 e. The van der Waals surface area contributed by atoms with Crippen LogP contribution in [0.4, 0.5) is 24.8 Å². The van der Waals surface area contributed by atoms with E-state index in [0.717, 1.165) is 24.9 Å². The van der Waals surface area contributed by atoms with Crippen molar-refractivity contribution in [1.29, 1.82) is 0 Å². The number of alkyl halides is 1. The highest BCUT2D eigenvalue weighted by Crippen LogP contribution is 2.46. The molecule has 3 aliphatic rings. The first-order chi connectivity index (χ1) is 24.1. The minimum Gasteiger partial charge on any atom is -0.508 e. The molecule has 3 N–H and O–H groups in total. The van der Waals surface area contributed by atoms with Crippen LogP contribution in [0.3, 0.4) is 0 Å². The lowest BCUT2D eigenvalue weighted by atomic mass is 9.94. The number of phenolic OH excluding ortho intramolecular Hbond substituents is 1. The van der Waals surface area contributed by atoms with Crippen molar-refractivity contribution in [3.63, 3.8) is 0 Å². The molecule has 0 radical (unpaired) electrons. The van der Waals surface area contributed by atoms with Gasteiger partial charge in [-0.15, -0.1) is 0 Å². The molecule has 0 spiro atoms. The molecular weight excluding hydrogens is 647 g/mol. The molecular formula is C37H38F3N7O3. The normalized spacial score (nSPS) is 22.5. The lowest BCUT2D eigenvalue weighted by Crippen LogP contribution is -2.43. The molecule has 3 aromatic heterocycles. The van der Waals surface area contributed by atoms with E-state index < -0.39 is 29.4 Å². The summed E-state index contributed by atoms with van der Waals surface area (Å²) >= 11 is 0. The number of benzene rings is 2. The summed E-state index contributed by atoms with van der Waals surface area (Å²) < 4.78 is 59.8. The molecule has 6 heterocycles. The van der Waals surface area contributed by atoms with Crippen LogP contribution in [-0.4, -0.2) is 74.0 Å². The number of hydrogen-bond acceptors (Lipinski definition) is 10. The number of nitrogen functional groups attached to an aromatic ring is 1. The molecule has 260 valence electrons. The average Bonchev–Trinajstić information content (AvgIpc) is 3.57. The molecule has 2 aromatic carbocycles. The van der Waals surface area contributed by atoms with E-state index in [2.05, 4.69) is 14.9 Å². The third-order valence-corrected chi connectivity index (χ3v) is 10.5. The van der Waals surface area contributed by atoms with Gasteiger partial charge in [-0.25, -0.2) is 23.1 Å². The Balaban J connectivity index is 1.36. The van der Waals surface area contributed by atoms with Gasteiger partial charge in [0.25, 0.3) is 0 Å². The molecule has 2 fully saturated rings. The second-order valence-electron chi connectivity index (χ2n) is 13.7. The molecule has 3 aliphatic heterocycles. The molecule has 0 bridgehead atoms. The lowest BCUT2D eigenvalue weighted by Gasteiger charge is -2.32. The molecule has 13 heteroatoms. The van der Waals surface area contributed by atoms with E-state index in [4.69, 9.17) is 25.2 Å². The SMILES string of the molecule is CCc1c(F)ccc2cc(O)cc(-c3nc4c5c(nc(OC[C@@]67CCCN6C[C@H](F)C7)nc5c3F)N([C@H](C)c3cccnc3N)C[C@H](C)O4)c12. The summed E-state index contributed by atoms with van der Waals surface area (Å²) in [5, 5.41) is 11.9. The molecule has 4 atom stereocenters. The maximum atomic E-state index is 17.3. The van der Waals surface area contributed by atoms with Crippen LogP contribution in [-0.2, 0) is 6.42 Å². The first-order valence-corrected chi connectivity index (χ1v) is 17.1. The number of halogens is 3. The van der Waals surface area contributed by atoms with Gasteiger partial charge in [0.05, 0.1) is 18.1 Å². The predicted octanol–water partition coefficient (Wildman–Crippen LogP) is 6.67. The maximum Gasteiger partial charge on any atom is 0.319 e. The van der Waals surface area contributed by atoms with E-state index in [9.17, 15) is 9.50 Å². The van der Waals surface area contributed by atoms with Gasteiger partial charge >= 0.3 is 6.01 Å². The Labute approximate surface area is 287 Å². The van der Waals surface area contributed by atoms with Crippen LogP contribution >= 0.6 is 0 Å². The topological polar surface area (TPSA) is 123 Å². The summed E-state index contributed by atoms with van der Waals surface area (Å²) in [5.41, 5.74) is 6.86. The van der Waals surface area contributed by atoms with Crippen molar-refractivity contribution in [3.8, 4) is 28.9 Å². The van der Waals surface area contributed by atoms with Gasteiger partial charge in [-0.3, -0.25) is 4.90 Å². The average molecular weight is 686 g/mol. The Kier molecular flexibility index (Phi) is 7.85. The summed E-state index contributed by atoms with van der Waals surface area (Å²) in [6.45, 7) is 7.22. The number of nitrogens with two attached hydrogens (primary N) is 1. The molecule has 8 rings (SSSR count). The highest BCUT2D eigenvalue weighted by atomic mass is 19.1. The Hall–Kier alpha value is -4.91. The van der Waals surface area contributed by atoms with Crippen LogP contribution in [0.25, 0.3) is 32.9 Å². The van der Waals surface area contributed by atoms with Crippen molar-refractivity contribution < 1.29 is 27.8 Å². The fourth-order valence-electron chi connectivity index (χ4n) is 8.20. The molecule has 0 saturated carbocycles. The van der Waals surface area contributed by atoms with Crippen LogP contribution in [0.2, 0.25) is 0 Å². The van der Waals surface area contributed by atoms with Gasteiger partial charge in [-0.2, -0.15) is 9.97 Å². The lowest BCUT2D eigenvalue weighted by molar-refractivity contribution is 0.107. The fourth-order valence-corrected chi connectivity index (χ4v) is 8.20. The van der Waals surface area contributed by atoms with Crippen molar-refractivity contribution in [2.45, 2.75) is 70.3 Å². The van der Waals surface area contributed by atoms with Gasteiger partial charge < -0.3 is 25.2 Å². The molecule has 0 unspecified atom stereocenters. The zero-order valence-electron chi connectivity index (χ0n) is 28.1. The van der Waals surface area contributed by atoms with Gasteiger partial charge in [0, 0.05) is 30.3 Å². The van der Waals surface area contributed by atoms with E-state index in [1.807, 2.05) is 31.7 Å². The molecule has 50 heavy (non-hydrogen) atoms. The Bertz CT molecular complexity index is 2150. The number of hydrogen-bond donors (Lipinski definition) is 2. The van der Waals surface area contributed by atoms with Crippen molar-refractivity contribution in [1.82, 2.24) is 24.8 Å². The number of ether oxygens (including phenoxy) is 2. The first-order valence-electron chi connectivity index (χ1n) is 17.1. The van der Waals surface area contributed by atoms with Gasteiger partial charge in [0.15, 0.2) is 5.82 Å². The van der Waals surface area contributed by atoms with Crippen LogP contribution in [0, 0.1) is 11.6 Å². The summed E-state index contributed by atoms with van der Waals surface area (Å²) in [6.07, 6.45) is 2.57. The highest BCUT2D eigenvalue weighted by molar-refractivity contribution is 6.03. The van der Waals surface area contributed by atoms with Crippen LogP contribution < -0.4 is 20.1 Å². The molecule has 10 nitrogen and oxygen atoms in total. The van der Waals surface area contributed by atoms with Crippen LogP contribution in [0.1, 0.15) is 57.2 Å². The number of phenols is 1. The van der Waals surface area contributed by atoms with Gasteiger partial charge in [-0.05, 0) is 80.3 Å². The molecule has 0 aliphatic carbocycles. The maximum absolute atomic E-state index is 17.3. The fraction of sp³-hybridized carbons (Fsp3) is 0.405. The Morgan fingerprint density at radius 2 is 1.98 bits per heavy atom. The summed E-state index contributed by atoms with van der Waals surface area (Å²) in [4.78, 5) is 22.6. The number of pyridine rings is 2. The zero-order valence-corrected chi connectivity index (χ0v) is 28.1. The van der Waals surface area contributed by atoms with E-state index in [0.29, 0.717) is 53.9 Å². The molecule has 2 saturated heterocycles. The Morgan fingerprint density at radius 3 is 2.78 bits per heavy atom. The quantitative estimate of drug-likeness (QED) is 0.192. The number of rotatable bonds is 7. The third-order valence-electron chi connectivity index (χ3n) is 10.5. The summed E-state index contributed by atoms with van der Waals surface area (Å²) in [5.74, 6) is -0.633. The standard InChI is InChI=1S/C37H38F3N7O3/c1-4-24-27(39)9-8-21-13-23(48)14-26(28(21)24)31-30(40)32-29-34(45-36(44-32)49-18-37-10-6-12-46(37)17-22(38)15-37)47(16-19(2)50-35(29)43-31)20(3)25-7-5-11-42-33(25)41/h5,7-9,11,13-14,19-20,22,48H,4,6,10,12,15-18H2,1-3H3,(H2,41,42)/t19-,20+,22+,37-/m0/s1. The number of aromatic nitrogens is 4. The molecule has 0 amide bonds. The van der Waals surface area contributed by atoms with Crippen LogP contribution in [0.5, 0.6) is 17.6 Å². The van der Waals surface area contributed by atoms with E-state index in [1.165, 1.54) is 18.2 Å². The minimum absolute atomic E-state index is 0.0787. The second-order valence-corrected chi connectivity index (χ2v) is 13.7. The monoisotopic (exact) mass is 685 g/mol. The number of anilines is 2. The van der Waals surface area contributed by atoms with E-state index in [-0.39, 0.29) is 52.4 Å². The Morgan fingerprint density at radius 1 is 1.14 bits per heavy atom. The van der Waals surface area contributed by atoms with Gasteiger partial charge in [-0.1, -0.05) is 19.1 Å². The largest absolute Gasteiger partial charge is 0.508 e. The third kappa shape index (κ3) is 5.21. The van der Waals surface area contributed by atoms with Crippen molar-refractivity contribution >= 4 is 33.3 Å². The highest BCUT2D eigenvalue weighted by Gasteiger charge is 2.49. The van der Waals surface area contributed by atoms with Crippen LogP contribution in [0.15, 0.2) is 42.6 Å². The van der Waals surface area contributed by atoms with E-state index in [1.54, 1.807) is 18.3 Å². The van der Waals surface area contributed by atoms with Crippen molar-refractivity contribution in [3.05, 3.63) is 65.4 Å². The van der Waals surface area contributed by atoms with Gasteiger partial charge in [0.2, 0.25) is 5.88 Å². The van der Waals surface area contributed by atoms with E-state index >= 15 is 8.78 Å². The number of fused-ring (bicyclic) bond motifs is 2. The summed E-state index contributed by atoms with van der Waals surface area (Å²) in [7, 11) is 0. The number of nitrogens with zero attached hydrogens (tertiary/aromatic N) is 6.